The molecule has 0 radical (unpaired) electrons. The van der Waals surface area contributed by atoms with Crippen LogP contribution in [0.3, 0.4) is 0 Å². The molecule has 3 nitrogen and oxygen atoms in total. The predicted molar refractivity (Wildman–Crippen MR) is 57.8 cm³/mol. The first-order valence-corrected chi connectivity index (χ1v) is 5.23. The Morgan fingerprint density at radius 3 is 2.57 bits per heavy atom. The number of hydrogen-bond donors (Lipinski definition) is 1. The van der Waals surface area contributed by atoms with Crippen LogP contribution < -0.4 is 5.73 Å². The van der Waals surface area contributed by atoms with E-state index in [2.05, 4.69) is 0 Å². The van der Waals surface area contributed by atoms with Crippen molar-refractivity contribution in [1.82, 2.24) is 4.90 Å². The molecule has 1 aliphatic heterocycles. The molecule has 80 valence electrons. The number of hydrogen-bond acceptors (Lipinski definition) is 2. The SMILES string of the molecule is CC(C)=C(C)C(=O)N1CCCC1CN. The number of amides is 1. The predicted octanol–water partition coefficient (Wildman–Crippen LogP) is 1.29. The number of nitrogens with two attached hydrogens (primary N) is 1. The lowest BCUT2D eigenvalue weighted by Gasteiger charge is -2.24. The second-order valence-corrected chi connectivity index (χ2v) is 4.16. The van der Waals surface area contributed by atoms with E-state index < -0.39 is 0 Å². The highest BCUT2D eigenvalue weighted by molar-refractivity contribution is 5.93. The van der Waals surface area contributed by atoms with Crippen molar-refractivity contribution < 1.29 is 4.79 Å². The number of rotatable bonds is 2. The molecule has 0 aliphatic carbocycles. The van der Waals surface area contributed by atoms with Crippen LogP contribution in [0, 0.1) is 0 Å². The third-order valence-corrected chi connectivity index (χ3v) is 2.98. The van der Waals surface area contributed by atoms with Crippen molar-refractivity contribution in [2.24, 2.45) is 5.73 Å². The minimum absolute atomic E-state index is 0.165. The molecule has 1 atom stereocenters. The van der Waals surface area contributed by atoms with Crippen molar-refractivity contribution in [3.63, 3.8) is 0 Å². The number of carbonyl (C=O) groups excluding carboxylic acids is 1. The van der Waals surface area contributed by atoms with E-state index in [0.29, 0.717) is 6.54 Å². The van der Waals surface area contributed by atoms with E-state index >= 15 is 0 Å². The molecule has 0 spiro atoms. The summed E-state index contributed by atoms with van der Waals surface area (Å²) in [6, 6.07) is 0.261. The fraction of sp³-hybridized carbons (Fsp3) is 0.727. The Morgan fingerprint density at radius 2 is 2.07 bits per heavy atom. The molecule has 0 aromatic rings. The Bertz CT molecular complexity index is 254. The summed E-state index contributed by atoms with van der Waals surface area (Å²) in [5.41, 5.74) is 7.59. The first-order valence-electron chi connectivity index (χ1n) is 5.23. The standard InChI is InChI=1S/C11H20N2O/c1-8(2)9(3)11(14)13-6-4-5-10(13)7-12/h10H,4-7,12H2,1-3H3. The molecule has 1 aliphatic rings. The van der Waals surface area contributed by atoms with Crippen molar-refractivity contribution in [2.75, 3.05) is 13.1 Å². The zero-order valence-electron chi connectivity index (χ0n) is 9.34. The van der Waals surface area contributed by atoms with Gasteiger partial charge in [0.2, 0.25) is 5.91 Å². The Morgan fingerprint density at radius 1 is 1.43 bits per heavy atom. The zero-order valence-corrected chi connectivity index (χ0v) is 9.34. The summed E-state index contributed by atoms with van der Waals surface area (Å²) in [6.45, 7) is 7.29. The Kier molecular flexibility index (Phi) is 3.69. The van der Waals surface area contributed by atoms with E-state index in [0.717, 1.165) is 30.5 Å². The summed E-state index contributed by atoms with van der Waals surface area (Å²) < 4.78 is 0. The summed E-state index contributed by atoms with van der Waals surface area (Å²) in [4.78, 5) is 13.9. The molecule has 0 bridgehead atoms. The molecule has 1 fully saturated rings. The lowest BCUT2D eigenvalue weighted by molar-refractivity contribution is -0.127. The normalized spacial score (nSPS) is 21.1. The van der Waals surface area contributed by atoms with Crippen molar-refractivity contribution in [1.29, 1.82) is 0 Å². The highest BCUT2D eigenvalue weighted by Gasteiger charge is 2.28. The molecule has 1 saturated heterocycles. The highest BCUT2D eigenvalue weighted by Crippen LogP contribution is 2.19. The van der Waals surface area contributed by atoms with E-state index in [9.17, 15) is 4.79 Å². The van der Waals surface area contributed by atoms with Crippen LogP contribution in [0.2, 0.25) is 0 Å². The van der Waals surface area contributed by atoms with Gasteiger partial charge in [0, 0.05) is 24.7 Å². The monoisotopic (exact) mass is 196 g/mol. The highest BCUT2D eigenvalue weighted by atomic mass is 16.2. The van der Waals surface area contributed by atoms with Crippen LogP contribution in [0.15, 0.2) is 11.1 Å². The molecule has 0 aromatic carbocycles. The molecule has 3 heteroatoms. The first kappa shape index (κ1) is 11.2. The van der Waals surface area contributed by atoms with Crippen LogP contribution in [-0.4, -0.2) is 29.9 Å². The Labute approximate surface area is 86.0 Å². The van der Waals surface area contributed by atoms with Gasteiger partial charge in [0.05, 0.1) is 0 Å². The lowest BCUT2D eigenvalue weighted by atomic mass is 10.1. The molecule has 1 rings (SSSR count). The number of carbonyl (C=O) groups is 1. The van der Waals surface area contributed by atoms with Crippen LogP contribution >= 0.6 is 0 Å². The van der Waals surface area contributed by atoms with Crippen molar-refractivity contribution in [2.45, 2.75) is 39.7 Å². The molecule has 1 unspecified atom stereocenters. The average Bonchev–Trinajstić information content (AvgIpc) is 2.62. The zero-order chi connectivity index (χ0) is 10.7. The van der Waals surface area contributed by atoms with E-state index in [1.54, 1.807) is 0 Å². The third-order valence-electron chi connectivity index (χ3n) is 2.98. The maximum absolute atomic E-state index is 12.0. The summed E-state index contributed by atoms with van der Waals surface area (Å²) >= 11 is 0. The third kappa shape index (κ3) is 2.15. The van der Waals surface area contributed by atoms with E-state index in [1.165, 1.54) is 0 Å². The average molecular weight is 196 g/mol. The molecule has 1 heterocycles. The molecule has 1 amide bonds. The smallest absolute Gasteiger partial charge is 0.249 e. The number of allylic oxidation sites excluding steroid dienone is 1. The summed E-state index contributed by atoms with van der Waals surface area (Å²) in [5.74, 6) is 0.165. The fourth-order valence-corrected chi connectivity index (χ4v) is 1.78. The van der Waals surface area contributed by atoms with Gasteiger partial charge in [0.1, 0.15) is 0 Å². The van der Waals surface area contributed by atoms with Crippen molar-refractivity contribution in [3.05, 3.63) is 11.1 Å². The maximum Gasteiger partial charge on any atom is 0.249 e. The van der Waals surface area contributed by atoms with E-state index in [1.807, 2.05) is 25.7 Å². The summed E-state index contributed by atoms with van der Waals surface area (Å²) in [6.07, 6.45) is 2.14. The molecule has 0 saturated carbocycles. The maximum atomic E-state index is 12.0. The topological polar surface area (TPSA) is 46.3 Å². The summed E-state index contributed by atoms with van der Waals surface area (Å²) in [5, 5.41) is 0. The fourth-order valence-electron chi connectivity index (χ4n) is 1.78. The molecular weight excluding hydrogens is 176 g/mol. The van der Waals surface area contributed by atoms with Crippen LogP contribution in [-0.2, 0) is 4.79 Å². The molecule has 14 heavy (non-hydrogen) atoms. The minimum atomic E-state index is 0.165. The van der Waals surface area contributed by atoms with Crippen LogP contribution in [0.25, 0.3) is 0 Å². The van der Waals surface area contributed by atoms with Gasteiger partial charge in [-0.25, -0.2) is 0 Å². The van der Waals surface area contributed by atoms with Gasteiger partial charge in [-0.2, -0.15) is 0 Å². The van der Waals surface area contributed by atoms with E-state index in [4.69, 9.17) is 5.73 Å². The van der Waals surface area contributed by atoms with Gasteiger partial charge >= 0.3 is 0 Å². The second kappa shape index (κ2) is 4.60. The molecule has 2 N–H and O–H groups in total. The lowest BCUT2D eigenvalue weighted by Crippen LogP contribution is -2.40. The van der Waals surface area contributed by atoms with Crippen LogP contribution in [0.5, 0.6) is 0 Å². The first-order chi connectivity index (χ1) is 6.57. The minimum Gasteiger partial charge on any atom is -0.335 e. The van der Waals surface area contributed by atoms with Gasteiger partial charge in [-0.3, -0.25) is 4.79 Å². The molecular formula is C11H20N2O. The van der Waals surface area contributed by atoms with Gasteiger partial charge < -0.3 is 10.6 Å². The van der Waals surface area contributed by atoms with Crippen molar-refractivity contribution in [3.8, 4) is 0 Å². The van der Waals surface area contributed by atoms with Crippen LogP contribution in [0.4, 0.5) is 0 Å². The quantitative estimate of drug-likeness (QED) is 0.676. The number of likely N-dealkylation sites (tertiary alicyclic amines) is 1. The Balaban J connectivity index is 2.74. The van der Waals surface area contributed by atoms with Gasteiger partial charge in [-0.05, 0) is 33.6 Å². The van der Waals surface area contributed by atoms with Gasteiger partial charge in [-0.15, -0.1) is 0 Å². The van der Waals surface area contributed by atoms with Gasteiger partial charge in [0.15, 0.2) is 0 Å². The van der Waals surface area contributed by atoms with Crippen molar-refractivity contribution >= 4 is 5.91 Å². The van der Waals surface area contributed by atoms with Gasteiger partial charge in [-0.1, -0.05) is 5.57 Å². The summed E-state index contributed by atoms with van der Waals surface area (Å²) in [7, 11) is 0. The Hall–Kier alpha value is -0.830. The molecule has 0 aromatic heterocycles. The van der Waals surface area contributed by atoms with Crippen LogP contribution in [0.1, 0.15) is 33.6 Å². The van der Waals surface area contributed by atoms with Gasteiger partial charge in [0.25, 0.3) is 0 Å². The van der Waals surface area contributed by atoms with E-state index in [-0.39, 0.29) is 11.9 Å². The number of nitrogens with zero attached hydrogens (tertiary/aromatic N) is 1. The largest absolute Gasteiger partial charge is 0.335 e. The second-order valence-electron chi connectivity index (χ2n) is 4.16.